The molecule has 21 heavy (non-hydrogen) atoms. The molecule has 0 bridgehead atoms. The molecule has 0 aliphatic heterocycles. The first-order chi connectivity index (χ1) is 9.67. The van der Waals surface area contributed by atoms with E-state index in [9.17, 15) is 18.0 Å². The number of amides is 1. The van der Waals surface area contributed by atoms with Crippen LogP contribution < -0.4 is 11.1 Å². The molecule has 3 N–H and O–H groups in total. The Morgan fingerprint density at radius 1 is 1.33 bits per heavy atom. The molecule has 0 radical (unpaired) electrons. The highest BCUT2D eigenvalue weighted by atomic mass is 32.1. The molecule has 1 amide bonds. The van der Waals surface area contributed by atoms with Crippen LogP contribution in [0.15, 0.2) is 24.3 Å². The summed E-state index contributed by atoms with van der Waals surface area (Å²) in [7, 11) is 1.32. The molecule has 0 fully saturated rings. The standard InChI is InChI=1S/C13H16F3N3OS/c1-19(8-13(14,15)16)7-6-11(20)18-10-4-2-9(3-5-10)12(17)21/h2-5H,6-8H2,1H3,(H2,17,21)(H,18,20). The van der Waals surface area contributed by atoms with Crippen molar-refractivity contribution in [3.8, 4) is 0 Å². The van der Waals surface area contributed by atoms with Crippen LogP contribution in [0, 0.1) is 0 Å². The number of nitrogens with one attached hydrogen (secondary N) is 1. The summed E-state index contributed by atoms with van der Waals surface area (Å²) in [5.41, 5.74) is 6.66. The molecule has 0 heterocycles. The summed E-state index contributed by atoms with van der Waals surface area (Å²) in [6.45, 7) is -1.01. The SMILES string of the molecule is CN(CCC(=O)Nc1ccc(C(N)=S)cc1)CC(F)(F)F. The molecule has 0 atom stereocenters. The lowest BCUT2D eigenvalue weighted by molar-refractivity contribution is -0.144. The maximum absolute atomic E-state index is 12.1. The highest BCUT2D eigenvalue weighted by Gasteiger charge is 2.29. The van der Waals surface area contributed by atoms with Crippen LogP contribution >= 0.6 is 12.2 Å². The van der Waals surface area contributed by atoms with E-state index in [1.807, 2.05) is 0 Å². The smallest absolute Gasteiger partial charge is 0.389 e. The first-order valence-electron chi connectivity index (χ1n) is 6.12. The van der Waals surface area contributed by atoms with Crippen LogP contribution in [0.3, 0.4) is 0 Å². The predicted molar refractivity (Wildman–Crippen MR) is 79.1 cm³/mol. The summed E-state index contributed by atoms with van der Waals surface area (Å²) in [6, 6.07) is 6.58. The fourth-order valence-electron chi connectivity index (χ4n) is 1.62. The van der Waals surface area contributed by atoms with Gasteiger partial charge in [0.1, 0.15) is 4.99 Å². The Morgan fingerprint density at radius 3 is 2.38 bits per heavy atom. The van der Waals surface area contributed by atoms with Crippen LogP contribution in [0.2, 0.25) is 0 Å². The third kappa shape index (κ3) is 7.05. The minimum atomic E-state index is -4.26. The summed E-state index contributed by atoms with van der Waals surface area (Å²) >= 11 is 4.80. The van der Waals surface area contributed by atoms with Crippen molar-refractivity contribution < 1.29 is 18.0 Å². The molecule has 1 aromatic carbocycles. The van der Waals surface area contributed by atoms with Gasteiger partial charge in [-0.05, 0) is 31.3 Å². The van der Waals surface area contributed by atoms with Crippen molar-refractivity contribution in [3.63, 3.8) is 0 Å². The van der Waals surface area contributed by atoms with E-state index in [1.54, 1.807) is 24.3 Å². The Hall–Kier alpha value is -1.67. The van der Waals surface area contributed by atoms with Crippen LogP contribution in [0.4, 0.5) is 18.9 Å². The Labute approximate surface area is 126 Å². The van der Waals surface area contributed by atoms with E-state index in [2.05, 4.69) is 5.32 Å². The first-order valence-corrected chi connectivity index (χ1v) is 6.53. The number of carbonyl (C=O) groups excluding carboxylic acids is 1. The number of nitrogens with two attached hydrogens (primary N) is 1. The zero-order valence-electron chi connectivity index (χ0n) is 11.4. The summed E-state index contributed by atoms with van der Waals surface area (Å²) in [4.78, 5) is 12.9. The van der Waals surface area contributed by atoms with Gasteiger partial charge < -0.3 is 11.1 Å². The molecule has 1 rings (SSSR count). The van der Waals surface area contributed by atoms with Gasteiger partial charge in [0.2, 0.25) is 5.91 Å². The number of nitrogens with zero attached hydrogens (tertiary/aromatic N) is 1. The molecule has 116 valence electrons. The van der Waals surface area contributed by atoms with Crippen molar-refractivity contribution in [2.75, 3.05) is 25.5 Å². The van der Waals surface area contributed by atoms with Gasteiger partial charge >= 0.3 is 6.18 Å². The molecule has 0 aliphatic rings. The number of rotatable bonds is 6. The van der Waals surface area contributed by atoms with E-state index in [0.717, 1.165) is 4.90 Å². The van der Waals surface area contributed by atoms with Crippen molar-refractivity contribution >= 4 is 28.8 Å². The molecule has 0 saturated heterocycles. The van der Waals surface area contributed by atoms with E-state index in [4.69, 9.17) is 18.0 Å². The second-order valence-electron chi connectivity index (χ2n) is 4.59. The maximum atomic E-state index is 12.1. The van der Waals surface area contributed by atoms with E-state index < -0.39 is 12.7 Å². The van der Waals surface area contributed by atoms with Crippen LogP contribution in [0.5, 0.6) is 0 Å². The Bertz CT molecular complexity index is 502. The van der Waals surface area contributed by atoms with Crippen molar-refractivity contribution in [2.45, 2.75) is 12.6 Å². The van der Waals surface area contributed by atoms with Gasteiger partial charge in [0.15, 0.2) is 0 Å². The second-order valence-corrected chi connectivity index (χ2v) is 5.03. The molecule has 4 nitrogen and oxygen atoms in total. The van der Waals surface area contributed by atoms with Crippen LogP contribution in [0.25, 0.3) is 0 Å². The van der Waals surface area contributed by atoms with Crippen molar-refractivity contribution in [2.24, 2.45) is 5.73 Å². The summed E-state index contributed by atoms with van der Waals surface area (Å²) in [5, 5.41) is 2.60. The minimum absolute atomic E-state index is 0.0241. The van der Waals surface area contributed by atoms with Gasteiger partial charge in [-0.25, -0.2) is 0 Å². The molecular formula is C13H16F3N3OS. The number of alkyl halides is 3. The number of carbonyl (C=O) groups is 1. The zero-order valence-corrected chi connectivity index (χ0v) is 12.2. The topological polar surface area (TPSA) is 58.4 Å². The third-order valence-corrected chi connectivity index (χ3v) is 2.86. The fraction of sp³-hybridized carbons (Fsp3) is 0.385. The average Bonchev–Trinajstić information content (AvgIpc) is 2.35. The fourth-order valence-corrected chi connectivity index (χ4v) is 1.75. The molecule has 0 aliphatic carbocycles. The Balaban J connectivity index is 2.41. The number of hydrogen-bond acceptors (Lipinski definition) is 3. The lowest BCUT2D eigenvalue weighted by Crippen LogP contribution is -2.33. The number of hydrogen-bond donors (Lipinski definition) is 2. The van der Waals surface area contributed by atoms with E-state index >= 15 is 0 Å². The maximum Gasteiger partial charge on any atom is 0.401 e. The van der Waals surface area contributed by atoms with Gasteiger partial charge in [0.05, 0.1) is 6.54 Å². The van der Waals surface area contributed by atoms with Crippen LogP contribution in [-0.4, -0.2) is 42.1 Å². The number of thiocarbonyl (C=S) groups is 1. The lowest BCUT2D eigenvalue weighted by atomic mass is 10.2. The van der Waals surface area contributed by atoms with E-state index in [-0.39, 0.29) is 23.9 Å². The predicted octanol–water partition coefficient (Wildman–Crippen LogP) is 2.14. The summed E-state index contributed by atoms with van der Waals surface area (Å²) < 4.78 is 36.4. The minimum Gasteiger partial charge on any atom is -0.389 e. The summed E-state index contributed by atoms with van der Waals surface area (Å²) in [6.07, 6.45) is -4.29. The van der Waals surface area contributed by atoms with Crippen LogP contribution in [0.1, 0.15) is 12.0 Å². The molecule has 0 aromatic heterocycles. The number of anilines is 1. The number of halogens is 3. The quantitative estimate of drug-likeness (QED) is 0.789. The lowest BCUT2D eigenvalue weighted by Gasteiger charge is -2.18. The molecule has 0 spiro atoms. The molecule has 1 aromatic rings. The largest absolute Gasteiger partial charge is 0.401 e. The molecule has 8 heteroatoms. The Kier molecular flexibility index (Phi) is 6.10. The Morgan fingerprint density at radius 2 is 1.90 bits per heavy atom. The van der Waals surface area contributed by atoms with E-state index in [1.165, 1.54) is 7.05 Å². The third-order valence-electron chi connectivity index (χ3n) is 2.62. The van der Waals surface area contributed by atoms with Crippen molar-refractivity contribution in [1.82, 2.24) is 4.90 Å². The zero-order chi connectivity index (χ0) is 16.0. The molecule has 0 saturated carbocycles. The molecule has 0 unspecified atom stereocenters. The highest BCUT2D eigenvalue weighted by Crippen LogP contribution is 2.15. The van der Waals surface area contributed by atoms with Gasteiger partial charge in [-0.2, -0.15) is 13.2 Å². The second kappa shape index (κ2) is 7.37. The van der Waals surface area contributed by atoms with Crippen LogP contribution in [-0.2, 0) is 4.79 Å². The summed E-state index contributed by atoms with van der Waals surface area (Å²) in [5.74, 6) is -0.355. The van der Waals surface area contributed by atoms with E-state index in [0.29, 0.717) is 11.3 Å². The first kappa shape index (κ1) is 17.4. The van der Waals surface area contributed by atoms with Crippen molar-refractivity contribution in [3.05, 3.63) is 29.8 Å². The normalized spacial score (nSPS) is 11.5. The van der Waals surface area contributed by atoms with Gasteiger partial charge in [0.25, 0.3) is 0 Å². The van der Waals surface area contributed by atoms with Gasteiger partial charge in [-0.15, -0.1) is 0 Å². The van der Waals surface area contributed by atoms with Gasteiger partial charge in [-0.3, -0.25) is 9.69 Å². The average molecular weight is 319 g/mol. The number of benzene rings is 1. The van der Waals surface area contributed by atoms with Gasteiger partial charge in [-0.1, -0.05) is 12.2 Å². The van der Waals surface area contributed by atoms with Gasteiger partial charge in [0, 0.05) is 24.2 Å². The monoisotopic (exact) mass is 319 g/mol. The molecular weight excluding hydrogens is 303 g/mol. The highest BCUT2D eigenvalue weighted by molar-refractivity contribution is 7.80. The van der Waals surface area contributed by atoms with Crippen molar-refractivity contribution in [1.29, 1.82) is 0 Å².